The fraction of sp³-hybridized carbons (Fsp3) is 0.217. The zero-order chi connectivity index (χ0) is 44.1. The molecule has 310 valence electrons. The van der Waals surface area contributed by atoms with E-state index in [4.69, 9.17) is 0 Å². The molecule has 6 aromatic rings. The molecule has 14 heteroatoms. The summed E-state index contributed by atoms with van der Waals surface area (Å²) in [6.07, 6.45) is 2.05. The molecule has 0 heterocycles. The second-order valence-electron chi connectivity index (χ2n) is 15.3. The van der Waals surface area contributed by atoms with E-state index in [0.717, 1.165) is 12.4 Å². The van der Waals surface area contributed by atoms with Gasteiger partial charge < -0.3 is 51.1 Å². The third-order valence-electron chi connectivity index (χ3n) is 10.6. The minimum Gasteiger partial charge on any atom is -0.508 e. The van der Waals surface area contributed by atoms with Crippen molar-refractivity contribution in [1.82, 2.24) is 0 Å². The standard InChI is InChI=1S/C46H44N2O12/c1-19(2)31-27-15-21(5)33(41(53)35(27)29(39(51)43(31)55)17-47-37(45(57)58)23-7-11-25(49)12-8-23)34-22(6)16-28-32(20(3)4)44(56)40(52)30(36(28)42(34)54)18-48-38(46(59)60)24-9-13-26(50)14-10-24/h7-20,37-38,49-56H,1-6H3,(H,57,58)(H,59,60). The number of carboxylic acid groups (broad SMARTS) is 2. The zero-order valence-electron chi connectivity index (χ0n) is 33.4. The first-order chi connectivity index (χ1) is 28.3. The van der Waals surface area contributed by atoms with Gasteiger partial charge in [0.2, 0.25) is 0 Å². The molecule has 0 fully saturated rings. The van der Waals surface area contributed by atoms with Gasteiger partial charge in [-0.05, 0) is 83.0 Å². The summed E-state index contributed by atoms with van der Waals surface area (Å²) in [6, 6.07) is 10.8. The highest BCUT2D eigenvalue weighted by Crippen LogP contribution is 2.54. The quantitative estimate of drug-likeness (QED) is 0.0435. The van der Waals surface area contributed by atoms with Gasteiger partial charge in [0.05, 0.1) is 0 Å². The van der Waals surface area contributed by atoms with Crippen LogP contribution in [-0.4, -0.2) is 75.4 Å². The van der Waals surface area contributed by atoms with E-state index in [0.29, 0.717) is 21.9 Å². The van der Waals surface area contributed by atoms with Gasteiger partial charge in [0.1, 0.15) is 23.0 Å². The van der Waals surface area contributed by atoms with Crippen LogP contribution in [0.2, 0.25) is 0 Å². The number of phenols is 8. The van der Waals surface area contributed by atoms with Crippen molar-refractivity contribution >= 4 is 45.9 Å². The van der Waals surface area contributed by atoms with Crippen molar-refractivity contribution in [1.29, 1.82) is 0 Å². The van der Waals surface area contributed by atoms with Crippen molar-refractivity contribution < 1.29 is 60.7 Å². The van der Waals surface area contributed by atoms with E-state index in [9.17, 15) is 60.7 Å². The molecule has 14 nitrogen and oxygen atoms in total. The first-order valence-electron chi connectivity index (χ1n) is 18.8. The van der Waals surface area contributed by atoms with E-state index in [1.807, 2.05) is 0 Å². The Kier molecular flexibility index (Phi) is 11.3. The second kappa shape index (κ2) is 16.0. The lowest BCUT2D eigenvalue weighted by molar-refractivity contribution is -0.139. The Morgan fingerprint density at radius 1 is 0.500 bits per heavy atom. The molecule has 60 heavy (non-hydrogen) atoms. The smallest absolute Gasteiger partial charge is 0.333 e. The van der Waals surface area contributed by atoms with Crippen molar-refractivity contribution in [2.24, 2.45) is 9.98 Å². The van der Waals surface area contributed by atoms with E-state index in [-0.39, 0.29) is 66.8 Å². The molecule has 2 unspecified atom stereocenters. The van der Waals surface area contributed by atoms with Gasteiger partial charge in [-0.1, -0.05) is 64.1 Å². The van der Waals surface area contributed by atoms with Crippen molar-refractivity contribution in [3.8, 4) is 57.1 Å². The Bertz CT molecular complexity index is 2580. The number of benzene rings is 6. The van der Waals surface area contributed by atoms with Crippen LogP contribution < -0.4 is 0 Å². The summed E-state index contributed by atoms with van der Waals surface area (Å²) in [6.45, 7) is 10.4. The fourth-order valence-corrected chi connectivity index (χ4v) is 7.82. The summed E-state index contributed by atoms with van der Waals surface area (Å²) in [5.41, 5.74) is 1.31. The number of carboxylic acids is 2. The summed E-state index contributed by atoms with van der Waals surface area (Å²) < 4.78 is 0. The molecule has 6 aromatic carbocycles. The molecule has 0 aromatic heterocycles. The number of aliphatic imine (C=N–C) groups is 2. The Labute approximate surface area is 343 Å². The van der Waals surface area contributed by atoms with E-state index in [2.05, 4.69) is 9.98 Å². The number of hydrogen-bond donors (Lipinski definition) is 10. The monoisotopic (exact) mass is 816 g/mol. The van der Waals surface area contributed by atoms with E-state index < -0.39 is 70.4 Å². The molecule has 0 aliphatic heterocycles. The predicted molar refractivity (Wildman–Crippen MR) is 227 cm³/mol. The van der Waals surface area contributed by atoms with Crippen LogP contribution in [0.3, 0.4) is 0 Å². The van der Waals surface area contributed by atoms with Crippen molar-refractivity contribution in [2.45, 2.75) is 65.5 Å². The first-order valence-corrected chi connectivity index (χ1v) is 18.8. The lowest BCUT2D eigenvalue weighted by atomic mass is 9.83. The van der Waals surface area contributed by atoms with Gasteiger partial charge in [-0.2, -0.15) is 0 Å². The summed E-state index contributed by atoms with van der Waals surface area (Å²) >= 11 is 0. The number of aromatic hydroxyl groups is 8. The van der Waals surface area contributed by atoms with Gasteiger partial charge in [0.25, 0.3) is 0 Å². The van der Waals surface area contributed by atoms with Crippen molar-refractivity contribution in [3.05, 3.63) is 105 Å². The molecule has 2 atom stereocenters. The molecular weight excluding hydrogens is 773 g/mol. The van der Waals surface area contributed by atoms with Gasteiger partial charge in [-0.3, -0.25) is 9.98 Å². The Balaban J connectivity index is 1.69. The fourth-order valence-electron chi connectivity index (χ4n) is 7.82. The number of phenolic OH excluding ortho intramolecular Hbond substituents is 8. The van der Waals surface area contributed by atoms with Crippen LogP contribution in [0.25, 0.3) is 32.7 Å². The van der Waals surface area contributed by atoms with Crippen LogP contribution in [0.5, 0.6) is 46.0 Å². The van der Waals surface area contributed by atoms with Crippen LogP contribution in [0.1, 0.15) is 96.1 Å². The van der Waals surface area contributed by atoms with Crippen LogP contribution in [0.15, 0.2) is 70.6 Å². The Morgan fingerprint density at radius 2 is 0.817 bits per heavy atom. The number of carbonyl (C=O) groups is 2. The molecule has 6 rings (SSSR count). The number of fused-ring (bicyclic) bond motifs is 2. The third kappa shape index (κ3) is 7.27. The largest absolute Gasteiger partial charge is 0.508 e. The lowest BCUT2D eigenvalue weighted by Crippen LogP contribution is -2.10. The Hall–Kier alpha value is -7.48. The number of rotatable bonds is 11. The number of nitrogens with zero attached hydrogens (tertiary/aromatic N) is 2. The minimum atomic E-state index is -1.53. The minimum absolute atomic E-state index is 0.0384. The average molecular weight is 817 g/mol. The summed E-state index contributed by atoms with van der Waals surface area (Å²) in [5.74, 6) is -7.15. The molecule has 0 aliphatic rings. The van der Waals surface area contributed by atoms with Crippen LogP contribution >= 0.6 is 0 Å². The summed E-state index contributed by atoms with van der Waals surface area (Å²) in [7, 11) is 0. The second-order valence-corrected chi connectivity index (χ2v) is 15.3. The van der Waals surface area contributed by atoms with Gasteiger partial charge in [-0.15, -0.1) is 0 Å². The van der Waals surface area contributed by atoms with Gasteiger partial charge in [-0.25, -0.2) is 9.59 Å². The average Bonchev–Trinajstić information content (AvgIpc) is 3.16. The number of aryl methyl sites for hydroxylation is 2. The lowest BCUT2D eigenvalue weighted by Gasteiger charge is -2.23. The third-order valence-corrected chi connectivity index (χ3v) is 10.6. The van der Waals surface area contributed by atoms with E-state index in [1.54, 1.807) is 53.7 Å². The summed E-state index contributed by atoms with van der Waals surface area (Å²) in [5, 5.41) is 111. The maximum Gasteiger partial charge on any atom is 0.333 e. The first kappa shape index (κ1) is 42.1. The molecule has 10 N–H and O–H groups in total. The molecule has 0 saturated carbocycles. The highest BCUT2D eigenvalue weighted by atomic mass is 16.4. The van der Waals surface area contributed by atoms with E-state index >= 15 is 0 Å². The van der Waals surface area contributed by atoms with Crippen molar-refractivity contribution in [2.75, 3.05) is 0 Å². The number of aliphatic carboxylic acids is 2. The molecular formula is C46H44N2O12. The van der Waals surface area contributed by atoms with Crippen LogP contribution in [0.4, 0.5) is 0 Å². The van der Waals surface area contributed by atoms with Gasteiger partial charge >= 0.3 is 11.9 Å². The van der Waals surface area contributed by atoms with Crippen molar-refractivity contribution in [3.63, 3.8) is 0 Å². The maximum atomic E-state index is 12.4. The van der Waals surface area contributed by atoms with E-state index in [1.165, 1.54) is 48.5 Å². The SMILES string of the molecule is Cc1cc2c(C(C)C)c(O)c(O)c(C=NC(C(=O)O)c3ccc(O)cc3)c2c(O)c1-c1c(C)cc2c(C(C)C)c(O)c(O)c(C=NC(C(=O)O)c3ccc(O)cc3)c2c1O. The molecule has 0 bridgehead atoms. The molecule has 0 aliphatic carbocycles. The molecule has 0 spiro atoms. The maximum absolute atomic E-state index is 12.4. The zero-order valence-corrected chi connectivity index (χ0v) is 33.4. The Morgan fingerprint density at radius 3 is 1.10 bits per heavy atom. The number of hydrogen-bond acceptors (Lipinski definition) is 12. The predicted octanol–water partition coefficient (Wildman–Crippen LogP) is 8.66. The molecule has 0 saturated heterocycles. The molecule has 0 amide bonds. The normalized spacial score (nSPS) is 13.0. The molecule has 0 radical (unpaired) electrons. The highest BCUT2D eigenvalue weighted by molar-refractivity contribution is 6.15. The summed E-state index contributed by atoms with van der Waals surface area (Å²) in [4.78, 5) is 33.2. The van der Waals surface area contributed by atoms with Gasteiger partial charge in [0.15, 0.2) is 35.1 Å². The van der Waals surface area contributed by atoms with Crippen LogP contribution in [0, 0.1) is 13.8 Å². The van der Waals surface area contributed by atoms with Gasteiger partial charge in [0, 0.05) is 56.6 Å². The highest BCUT2D eigenvalue weighted by Gasteiger charge is 2.30. The van der Waals surface area contributed by atoms with Crippen LogP contribution in [-0.2, 0) is 9.59 Å². The topological polar surface area (TPSA) is 261 Å².